The van der Waals surface area contributed by atoms with Gasteiger partial charge >= 0.3 is 0 Å². The molecule has 0 aromatic carbocycles. The van der Waals surface area contributed by atoms with E-state index in [1.165, 1.54) is 0 Å². The van der Waals surface area contributed by atoms with E-state index in [0.29, 0.717) is 6.54 Å². The summed E-state index contributed by atoms with van der Waals surface area (Å²) in [5.74, 6) is 0.204. The van der Waals surface area contributed by atoms with Gasteiger partial charge in [-0.1, -0.05) is 13.8 Å². The molecule has 0 spiro atoms. The fourth-order valence-electron chi connectivity index (χ4n) is 0.605. The molecular weight excluding hydrogens is 194 g/mol. The van der Waals surface area contributed by atoms with Gasteiger partial charge in [-0.15, -0.1) is 0 Å². The predicted octanol–water partition coefficient (Wildman–Crippen LogP) is -0.376. The van der Waals surface area contributed by atoms with Crippen LogP contribution in [-0.2, 0) is 11.3 Å². The molecule has 1 heterocycles. The van der Waals surface area contributed by atoms with Crippen LogP contribution in [-0.4, -0.2) is 34.5 Å². The number of hydrogen-bond donors (Lipinski definition) is 2. The van der Waals surface area contributed by atoms with E-state index in [1.54, 1.807) is 24.2 Å². The molecule has 1 atom stereocenters. The number of nitrogens with one attached hydrogen (secondary N) is 1. The Bertz CT molecular complexity index is 247. The van der Waals surface area contributed by atoms with Crippen molar-refractivity contribution in [1.82, 2.24) is 20.3 Å². The summed E-state index contributed by atoms with van der Waals surface area (Å²) in [6.45, 7) is 4.31. The zero-order chi connectivity index (χ0) is 11.7. The van der Waals surface area contributed by atoms with Crippen molar-refractivity contribution in [3.05, 3.63) is 12.4 Å². The number of carbonyl (C=O) groups is 1. The number of hydrogen-bond acceptors (Lipinski definition) is 5. The van der Waals surface area contributed by atoms with Gasteiger partial charge in [0.25, 0.3) is 0 Å². The Morgan fingerprint density at radius 3 is 2.27 bits per heavy atom. The number of nitrogens with two attached hydrogens (primary N) is 1. The molecule has 1 unspecified atom stereocenters. The van der Waals surface area contributed by atoms with Crippen molar-refractivity contribution in [2.45, 2.75) is 26.6 Å². The summed E-state index contributed by atoms with van der Waals surface area (Å²) in [4.78, 5) is 11.0. The van der Waals surface area contributed by atoms with Gasteiger partial charge in [-0.2, -0.15) is 15.0 Å². The van der Waals surface area contributed by atoms with E-state index >= 15 is 0 Å². The quantitative estimate of drug-likeness (QED) is 0.526. The Morgan fingerprint density at radius 1 is 1.47 bits per heavy atom. The number of nitrogens with zero attached hydrogens (tertiary/aromatic N) is 3. The summed E-state index contributed by atoms with van der Waals surface area (Å²) in [5, 5.41) is 10.7. The highest BCUT2D eigenvalue weighted by Gasteiger charge is 1.98. The first kappa shape index (κ1) is 13.7. The van der Waals surface area contributed by atoms with Crippen LogP contribution in [0, 0.1) is 5.92 Å². The lowest BCUT2D eigenvalue weighted by molar-refractivity contribution is -0.110. The molecule has 3 N–H and O–H groups in total. The van der Waals surface area contributed by atoms with Gasteiger partial charge in [-0.05, 0) is 7.05 Å². The monoisotopic (exact) mass is 213 g/mol. The molecule has 15 heavy (non-hydrogen) atoms. The first-order valence-corrected chi connectivity index (χ1v) is 4.82. The van der Waals surface area contributed by atoms with Crippen LogP contribution in [0.15, 0.2) is 12.4 Å². The van der Waals surface area contributed by atoms with Crippen molar-refractivity contribution in [3.63, 3.8) is 0 Å². The van der Waals surface area contributed by atoms with E-state index in [4.69, 9.17) is 5.73 Å². The molecule has 1 rings (SSSR count). The third-order valence-electron chi connectivity index (χ3n) is 1.47. The average Bonchev–Trinajstić information content (AvgIpc) is 2.71. The highest BCUT2D eigenvalue weighted by atomic mass is 16.1. The Balaban J connectivity index is 0.000000336. The average molecular weight is 213 g/mol. The Kier molecular flexibility index (Phi) is 7.39. The van der Waals surface area contributed by atoms with Crippen molar-refractivity contribution >= 4 is 6.29 Å². The van der Waals surface area contributed by atoms with Crippen LogP contribution in [0.4, 0.5) is 0 Å². The first-order chi connectivity index (χ1) is 7.10. The van der Waals surface area contributed by atoms with Crippen LogP contribution in [0.1, 0.15) is 13.8 Å². The molecule has 1 aromatic rings. The van der Waals surface area contributed by atoms with Gasteiger partial charge in [-0.3, -0.25) is 0 Å². The van der Waals surface area contributed by atoms with E-state index in [2.05, 4.69) is 15.5 Å². The second kappa shape index (κ2) is 8.07. The third-order valence-corrected chi connectivity index (χ3v) is 1.47. The second-order valence-corrected chi connectivity index (χ2v) is 3.36. The van der Waals surface area contributed by atoms with Crippen LogP contribution >= 0.6 is 0 Å². The lowest BCUT2D eigenvalue weighted by atomic mass is 10.3. The zero-order valence-electron chi connectivity index (χ0n) is 9.42. The molecule has 0 aliphatic rings. The SMILES string of the molecule is CC(C)C=O.CNC(N)Cn1nccn1. The van der Waals surface area contributed by atoms with E-state index in [-0.39, 0.29) is 12.1 Å². The van der Waals surface area contributed by atoms with Crippen molar-refractivity contribution in [3.8, 4) is 0 Å². The molecule has 0 radical (unpaired) electrons. The standard InChI is InChI=1S/C5H11N5.C4H8O/c1-7-5(6)4-10-8-2-3-9-10;1-4(2)3-5/h2-3,5,7H,4,6H2,1H3;3-4H,1-2H3. The maximum Gasteiger partial charge on any atom is 0.122 e. The maximum absolute atomic E-state index is 9.50. The summed E-state index contributed by atoms with van der Waals surface area (Å²) in [6, 6.07) is 0. The molecule has 0 amide bonds. The molecule has 0 aliphatic carbocycles. The maximum atomic E-state index is 9.50. The Morgan fingerprint density at radius 2 is 1.93 bits per heavy atom. The summed E-state index contributed by atoms with van der Waals surface area (Å²) >= 11 is 0. The van der Waals surface area contributed by atoms with Gasteiger partial charge in [0, 0.05) is 5.92 Å². The van der Waals surface area contributed by atoms with Crippen LogP contribution in [0.5, 0.6) is 0 Å². The molecule has 86 valence electrons. The number of aromatic nitrogens is 3. The molecule has 0 fully saturated rings. The van der Waals surface area contributed by atoms with Crippen molar-refractivity contribution in [1.29, 1.82) is 0 Å². The molecular formula is C9H19N5O. The minimum atomic E-state index is -0.0765. The van der Waals surface area contributed by atoms with Crippen LogP contribution < -0.4 is 11.1 Å². The Hall–Kier alpha value is -1.27. The van der Waals surface area contributed by atoms with E-state index in [0.717, 1.165) is 6.29 Å². The predicted molar refractivity (Wildman–Crippen MR) is 58.0 cm³/mol. The summed E-state index contributed by atoms with van der Waals surface area (Å²) in [7, 11) is 1.80. The van der Waals surface area contributed by atoms with Crippen molar-refractivity contribution < 1.29 is 4.79 Å². The summed E-state index contributed by atoms with van der Waals surface area (Å²) < 4.78 is 0. The minimum Gasteiger partial charge on any atom is -0.314 e. The molecule has 0 bridgehead atoms. The highest BCUT2D eigenvalue weighted by Crippen LogP contribution is 1.79. The first-order valence-electron chi connectivity index (χ1n) is 4.82. The molecule has 0 aliphatic heterocycles. The lowest BCUT2D eigenvalue weighted by Crippen LogP contribution is -2.38. The largest absolute Gasteiger partial charge is 0.314 e. The number of rotatable bonds is 4. The second-order valence-electron chi connectivity index (χ2n) is 3.36. The molecule has 0 saturated heterocycles. The number of carbonyl (C=O) groups excluding carboxylic acids is 1. The fraction of sp³-hybridized carbons (Fsp3) is 0.667. The minimum absolute atomic E-state index is 0.0765. The third kappa shape index (κ3) is 7.77. The smallest absolute Gasteiger partial charge is 0.122 e. The van der Waals surface area contributed by atoms with E-state index in [1.807, 2.05) is 13.8 Å². The van der Waals surface area contributed by atoms with Gasteiger partial charge in [0.05, 0.1) is 25.1 Å². The number of aldehydes is 1. The van der Waals surface area contributed by atoms with Crippen LogP contribution in [0.25, 0.3) is 0 Å². The van der Waals surface area contributed by atoms with Crippen molar-refractivity contribution in [2.24, 2.45) is 11.7 Å². The molecule has 1 aromatic heterocycles. The van der Waals surface area contributed by atoms with E-state index in [9.17, 15) is 4.79 Å². The molecule has 6 nitrogen and oxygen atoms in total. The van der Waals surface area contributed by atoms with Gasteiger partial charge in [0.15, 0.2) is 0 Å². The van der Waals surface area contributed by atoms with Gasteiger partial charge < -0.3 is 15.8 Å². The van der Waals surface area contributed by atoms with Gasteiger partial charge in [0.1, 0.15) is 6.29 Å². The van der Waals surface area contributed by atoms with Gasteiger partial charge in [-0.25, -0.2) is 0 Å². The number of likely N-dealkylation sites (N-methyl/N-ethyl adjacent to an activating group) is 1. The van der Waals surface area contributed by atoms with E-state index < -0.39 is 0 Å². The van der Waals surface area contributed by atoms with Crippen LogP contribution in [0.2, 0.25) is 0 Å². The molecule has 0 saturated carbocycles. The summed E-state index contributed by atoms with van der Waals surface area (Å²) in [5.41, 5.74) is 5.55. The summed E-state index contributed by atoms with van der Waals surface area (Å²) in [6.07, 6.45) is 4.09. The molecule has 6 heteroatoms. The van der Waals surface area contributed by atoms with Crippen molar-refractivity contribution in [2.75, 3.05) is 7.05 Å². The highest BCUT2D eigenvalue weighted by molar-refractivity contribution is 5.51. The fourth-order valence-corrected chi connectivity index (χ4v) is 0.605. The van der Waals surface area contributed by atoms with Gasteiger partial charge in [0.2, 0.25) is 0 Å². The Labute approximate surface area is 89.8 Å². The van der Waals surface area contributed by atoms with Crippen LogP contribution in [0.3, 0.4) is 0 Å². The lowest BCUT2D eigenvalue weighted by Gasteiger charge is -2.07. The zero-order valence-corrected chi connectivity index (χ0v) is 9.42. The topological polar surface area (TPSA) is 85.8 Å². The normalized spacial score (nSPS) is 11.8.